The maximum absolute atomic E-state index is 12.4. The minimum atomic E-state index is 0.109. The Morgan fingerprint density at radius 3 is 2.36 bits per heavy atom. The van der Waals surface area contributed by atoms with E-state index in [1.54, 1.807) is 6.33 Å². The van der Waals surface area contributed by atoms with E-state index in [-0.39, 0.29) is 5.78 Å². The van der Waals surface area contributed by atoms with Gasteiger partial charge in [0.15, 0.2) is 10.9 Å². The number of Topliss-reactive ketones (excluding diaryl/α,β-unsaturated/α-hetero) is 1. The van der Waals surface area contributed by atoms with Crippen LogP contribution in [0.25, 0.3) is 11.1 Å². The molecule has 0 N–H and O–H groups in total. The number of carbonyl (C=O) groups is 1. The Hall–Kier alpha value is -1.92. The monoisotopic (exact) mass is 413 g/mol. The van der Waals surface area contributed by atoms with Crippen LogP contribution in [0.1, 0.15) is 29.2 Å². The van der Waals surface area contributed by atoms with Crippen molar-refractivity contribution in [2.75, 3.05) is 5.75 Å². The largest absolute Gasteiger partial charge is 0.306 e. The van der Waals surface area contributed by atoms with E-state index in [2.05, 4.69) is 42.8 Å². The summed E-state index contributed by atoms with van der Waals surface area (Å²) in [6.45, 7) is 0. The van der Waals surface area contributed by atoms with Gasteiger partial charge in [0, 0.05) is 16.1 Å². The van der Waals surface area contributed by atoms with Crippen LogP contribution in [0.2, 0.25) is 0 Å². The van der Waals surface area contributed by atoms with Crippen LogP contribution in [0.5, 0.6) is 0 Å². The molecule has 0 spiro atoms. The lowest BCUT2D eigenvalue weighted by Gasteiger charge is -2.05. The average Bonchev–Trinajstić information content (AvgIpc) is 3.38. The quantitative estimate of drug-likeness (QED) is 0.420. The van der Waals surface area contributed by atoms with Crippen molar-refractivity contribution in [3.05, 3.63) is 64.9 Å². The normalized spacial score (nSPS) is 13.8. The van der Waals surface area contributed by atoms with Gasteiger partial charge in [-0.25, -0.2) is 0 Å². The lowest BCUT2D eigenvalue weighted by molar-refractivity contribution is 0.102. The highest BCUT2D eigenvalue weighted by molar-refractivity contribution is 9.10. The van der Waals surface area contributed by atoms with E-state index in [1.165, 1.54) is 24.6 Å². The van der Waals surface area contributed by atoms with Crippen molar-refractivity contribution in [2.24, 2.45) is 0 Å². The summed E-state index contributed by atoms with van der Waals surface area (Å²) in [5.41, 5.74) is 2.96. The third-order valence-electron chi connectivity index (χ3n) is 4.20. The van der Waals surface area contributed by atoms with Crippen LogP contribution in [0, 0.1) is 0 Å². The van der Waals surface area contributed by atoms with Gasteiger partial charge in [-0.1, -0.05) is 64.1 Å². The Balaban J connectivity index is 1.41. The summed E-state index contributed by atoms with van der Waals surface area (Å²) in [4.78, 5) is 12.4. The summed E-state index contributed by atoms with van der Waals surface area (Å²) >= 11 is 4.90. The number of hydrogen-bond acceptors (Lipinski definition) is 4. The molecule has 1 fully saturated rings. The Morgan fingerprint density at radius 2 is 1.72 bits per heavy atom. The average molecular weight is 414 g/mol. The number of nitrogens with zero attached hydrogens (tertiary/aromatic N) is 3. The summed E-state index contributed by atoms with van der Waals surface area (Å²) < 4.78 is 3.13. The standard InChI is InChI=1S/C19H16BrN3OS/c20-16-7-5-14(6-8-16)13-1-3-15(4-2-13)18(24)11-25-19-22-21-12-23(19)17-9-10-17/h1-8,12,17H,9-11H2. The molecule has 1 aromatic heterocycles. The van der Waals surface area contributed by atoms with Gasteiger partial charge in [-0.15, -0.1) is 10.2 Å². The van der Waals surface area contributed by atoms with Crippen molar-refractivity contribution >= 4 is 33.5 Å². The molecule has 1 saturated carbocycles. The molecule has 0 amide bonds. The zero-order valence-electron chi connectivity index (χ0n) is 13.4. The van der Waals surface area contributed by atoms with E-state index in [1.807, 2.05) is 36.4 Å². The first-order chi connectivity index (χ1) is 12.2. The predicted octanol–water partition coefficient (Wildman–Crippen LogP) is 5.02. The van der Waals surface area contributed by atoms with Gasteiger partial charge in [-0.2, -0.15) is 0 Å². The Bertz CT molecular complexity index is 886. The molecule has 1 aliphatic carbocycles. The lowest BCUT2D eigenvalue weighted by Crippen LogP contribution is -2.04. The zero-order valence-corrected chi connectivity index (χ0v) is 15.8. The molecule has 0 atom stereocenters. The highest BCUT2D eigenvalue weighted by Crippen LogP contribution is 2.37. The number of halogens is 1. The van der Waals surface area contributed by atoms with Crippen molar-refractivity contribution in [2.45, 2.75) is 24.0 Å². The molecule has 4 nitrogen and oxygen atoms in total. The van der Waals surface area contributed by atoms with E-state index in [9.17, 15) is 4.79 Å². The molecule has 1 heterocycles. The number of hydrogen-bond donors (Lipinski definition) is 0. The number of thioether (sulfide) groups is 1. The molecule has 25 heavy (non-hydrogen) atoms. The van der Waals surface area contributed by atoms with E-state index in [4.69, 9.17) is 0 Å². The van der Waals surface area contributed by atoms with Crippen LogP contribution < -0.4 is 0 Å². The van der Waals surface area contributed by atoms with Crippen molar-refractivity contribution in [3.63, 3.8) is 0 Å². The van der Waals surface area contributed by atoms with Crippen molar-refractivity contribution in [1.29, 1.82) is 0 Å². The van der Waals surface area contributed by atoms with Crippen molar-refractivity contribution < 1.29 is 4.79 Å². The summed E-state index contributed by atoms with van der Waals surface area (Å²) in [7, 11) is 0. The molecule has 126 valence electrons. The molecule has 4 rings (SSSR count). The van der Waals surface area contributed by atoms with Gasteiger partial charge in [0.1, 0.15) is 6.33 Å². The highest BCUT2D eigenvalue weighted by Gasteiger charge is 2.26. The van der Waals surface area contributed by atoms with Crippen LogP contribution in [-0.2, 0) is 0 Å². The van der Waals surface area contributed by atoms with Crippen LogP contribution in [-0.4, -0.2) is 26.3 Å². The SMILES string of the molecule is O=C(CSc1nncn1C1CC1)c1ccc(-c2ccc(Br)cc2)cc1. The molecular weight excluding hydrogens is 398 g/mol. The van der Waals surface area contributed by atoms with Gasteiger partial charge in [0.2, 0.25) is 0 Å². The number of rotatable bonds is 6. The van der Waals surface area contributed by atoms with Crippen molar-refractivity contribution in [1.82, 2.24) is 14.8 Å². The molecule has 3 aromatic rings. The van der Waals surface area contributed by atoms with Crippen molar-refractivity contribution in [3.8, 4) is 11.1 Å². The first-order valence-corrected chi connectivity index (χ1v) is 9.90. The minimum absolute atomic E-state index is 0.109. The fraction of sp³-hybridized carbons (Fsp3) is 0.211. The minimum Gasteiger partial charge on any atom is -0.306 e. The zero-order chi connectivity index (χ0) is 17.2. The maximum atomic E-state index is 12.4. The highest BCUT2D eigenvalue weighted by atomic mass is 79.9. The molecular formula is C19H16BrN3OS. The molecule has 0 radical (unpaired) electrons. The molecule has 0 unspecified atom stereocenters. The second-order valence-corrected chi connectivity index (χ2v) is 7.91. The fourth-order valence-electron chi connectivity index (χ4n) is 2.64. The van der Waals surface area contributed by atoms with Gasteiger partial charge >= 0.3 is 0 Å². The third kappa shape index (κ3) is 3.85. The molecule has 2 aromatic carbocycles. The third-order valence-corrected chi connectivity index (χ3v) is 5.68. The van der Waals surface area contributed by atoms with E-state index in [0.717, 1.165) is 26.3 Å². The summed E-state index contributed by atoms with van der Waals surface area (Å²) in [6.07, 6.45) is 4.12. The predicted molar refractivity (Wildman–Crippen MR) is 103 cm³/mol. The van der Waals surface area contributed by atoms with Crippen LogP contribution in [0.15, 0.2) is 64.5 Å². The second kappa shape index (κ2) is 7.14. The van der Waals surface area contributed by atoms with Gasteiger partial charge in [-0.05, 0) is 36.1 Å². The summed E-state index contributed by atoms with van der Waals surface area (Å²) in [5, 5.41) is 8.92. The first kappa shape index (κ1) is 16.5. The van der Waals surface area contributed by atoms with Gasteiger partial charge in [0.25, 0.3) is 0 Å². The van der Waals surface area contributed by atoms with Gasteiger partial charge in [0.05, 0.1) is 5.75 Å². The molecule has 1 aliphatic rings. The van der Waals surface area contributed by atoms with Gasteiger partial charge < -0.3 is 4.57 Å². The van der Waals surface area contributed by atoms with Crippen LogP contribution >= 0.6 is 27.7 Å². The number of benzene rings is 2. The number of carbonyl (C=O) groups excluding carboxylic acids is 1. The van der Waals surface area contributed by atoms with E-state index >= 15 is 0 Å². The molecule has 0 saturated heterocycles. The topological polar surface area (TPSA) is 47.8 Å². The van der Waals surface area contributed by atoms with Crippen LogP contribution in [0.4, 0.5) is 0 Å². The number of ketones is 1. The molecule has 0 bridgehead atoms. The second-order valence-electron chi connectivity index (χ2n) is 6.05. The Kier molecular flexibility index (Phi) is 4.72. The Labute approximate surface area is 158 Å². The summed E-state index contributed by atoms with van der Waals surface area (Å²) in [5.74, 6) is 0.487. The van der Waals surface area contributed by atoms with Crippen LogP contribution in [0.3, 0.4) is 0 Å². The molecule has 0 aliphatic heterocycles. The number of aromatic nitrogens is 3. The van der Waals surface area contributed by atoms with E-state index < -0.39 is 0 Å². The lowest BCUT2D eigenvalue weighted by atomic mass is 10.0. The molecule has 6 heteroatoms. The van der Waals surface area contributed by atoms with E-state index in [0.29, 0.717) is 11.8 Å². The maximum Gasteiger partial charge on any atom is 0.191 e. The smallest absolute Gasteiger partial charge is 0.191 e. The first-order valence-electron chi connectivity index (χ1n) is 8.12. The summed E-state index contributed by atoms with van der Waals surface area (Å²) in [6, 6.07) is 16.4. The Morgan fingerprint density at radius 1 is 1.08 bits per heavy atom. The fourth-order valence-corrected chi connectivity index (χ4v) is 3.78. The van der Waals surface area contributed by atoms with Gasteiger partial charge in [-0.3, -0.25) is 4.79 Å².